The molecule has 4 aromatic rings. The summed E-state index contributed by atoms with van der Waals surface area (Å²) in [6.45, 7) is -0.0743. The third-order valence-corrected chi connectivity index (χ3v) is 7.85. The third kappa shape index (κ3) is 6.39. The van der Waals surface area contributed by atoms with Crippen LogP contribution in [0.3, 0.4) is 0 Å². The van der Waals surface area contributed by atoms with Gasteiger partial charge in [-0.1, -0.05) is 42.5 Å². The predicted octanol–water partition coefficient (Wildman–Crippen LogP) is 6.87. The summed E-state index contributed by atoms with van der Waals surface area (Å²) in [7, 11) is 3.08. The van der Waals surface area contributed by atoms with Crippen LogP contribution in [0.2, 0.25) is 0 Å². The number of carbonyl (C=O) groups is 3. The smallest absolute Gasteiger partial charge is 0.294 e. The molecule has 0 radical (unpaired) electrons. The van der Waals surface area contributed by atoms with Gasteiger partial charge in [-0.05, 0) is 92.1 Å². The molecule has 1 aliphatic rings. The number of nitrogens with zero attached hydrogens (tertiary/aromatic N) is 1. The van der Waals surface area contributed by atoms with Crippen LogP contribution in [0.1, 0.15) is 11.1 Å². The van der Waals surface area contributed by atoms with Gasteiger partial charge in [0.1, 0.15) is 18.9 Å². The lowest BCUT2D eigenvalue weighted by atomic mass is 10.1. The number of carbonyl (C=O) groups excluding carboxylic acids is 3. The Balaban J connectivity index is 1.29. The van der Waals surface area contributed by atoms with Gasteiger partial charge >= 0.3 is 0 Å². The summed E-state index contributed by atoms with van der Waals surface area (Å²) in [6, 6.07) is 24.4. The zero-order valence-corrected chi connectivity index (χ0v) is 24.6. The maximum absolute atomic E-state index is 13.0. The molecular formula is C31H25BrN2O6S. The van der Waals surface area contributed by atoms with Crippen LogP contribution in [0.5, 0.6) is 17.2 Å². The number of halogens is 1. The van der Waals surface area contributed by atoms with Gasteiger partial charge in [0.25, 0.3) is 11.1 Å². The molecule has 5 rings (SSSR count). The van der Waals surface area contributed by atoms with Crippen molar-refractivity contribution >= 4 is 67.3 Å². The van der Waals surface area contributed by atoms with E-state index in [1.54, 1.807) is 49.6 Å². The summed E-state index contributed by atoms with van der Waals surface area (Å²) >= 11 is 4.34. The van der Waals surface area contributed by atoms with E-state index in [1.807, 2.05) is 24.3 Å². The van der Waals surface area contributed by atoms with Gasteiger partial charge in [-0.25, -0.2) is 0 Å². The number of amides is 3. The van der Waals surface area contributed by atoms with E-state index in [0.29, 0.717) is 39.6 Å². The van der Waals surface area contributed by atoms with Gasteiger partial charge in [0.2, 0.25) is 5.91 Å². The highest BCUT2D eigenvalue weighted by Crippen LogP contribution is 2.39. The lowest BCUT2D eigenvalue weighted by Gasteiger charge is -2.15. The molecule has 4 aromatic carbocycles. The van der Waals surface area contributed by atoms with Crippen LogP contribution in [0.15, 0.2) is 88.2 Å². The number of hydrogen-bond donors (Lipinski definition) is 1. The van der Waals surface area contributed by atoms with E-state index in [1.165, 1.54) is 7.11 Å². The lowest BCUT2D eigenvalue weighted by molar-refractivity contribution is -0.127. The molecule has 1 heterocycles. The van der Waals surface area contributed by atoms with Gasteiger partial charge in [-0.15, -0.1) is 0 Å². The fourth-order valence-electron chi connectivity index (χ4n) is 4.34. The van der Waals surface area contributed by atoms with Crippen molar-refractivity contribution in [2.75, 3.05) is 26.1 Å². The number of anilines is 1. The molecule has 0 saturated carbocycles. The number of thioether (sulfide) groups is 1. The SMILES string of the molecule is COc1ccc(NC(=O)CN2C(=O)S/C(=C/c3cc(Br)c(OCc4cccc5ccccc45)c(OC)c3)C2=O)cc1. The van der Waals surface area contributed by atoms with Crippen molar-refractivity contribution in [2.45, 2.75) is 6.61 Å². The first kappa shape index (κ1) is 28.3. The number of rotatable bonds is 9. The van der Waals surface area contributed by atoms with Gasteiger partial charge in [-0.3, -0.25) is 19.3 Å². The molecule has 3 amide bonds. The minimum absolute atomic E-state index is 0.200. The van der Waals surface area contributed by atoms with Crippen LogP contribution in [0.25, 0.3) is 16.8 Å². The van der Waals surface area contributed by atoms with Crippen molar-refractivity contribution in [3.05, 3.63) is 99.4 Å². The summed E-state index contributed by atoms with van der Waals surface area (Å²) in [6.07, 6.45) is 1.59. The van der Waals surface area contributed by atoms with Crippen molar-refractivity contribution in [3.63, 3.8) is 0 Å². The van der Waals surface area contributed by atoms with Crippen molar-refractivity contribution in [3.8, 4) is 17.2 Å². The van der Waals surface area contributed by atoms with Gasteiger partial charge in [-0.2, -0.15) is 0 Å². The first-order valence-corrected chi connectivity index (χ1v) is 14.1. The third-order valence-electron chi connectivity index (χ3n) is 6.35. The Kier molecular flexibility index (Phi) is 8.61. The highest BCUT2D eigenvalue weighted by Gasteiger charge is 2.36. The Morgan fingerprint density at radius 3 is 2.49 bits per heavy atom. The molecule has 208 valence electrons. The van der Waals surface area contributed by atoms with Crippen molar-refractivity contribution in [1.29, 1.82) is 0 Å². The van der Waals surface area contributed by atoms with Crippen molar-refractivity contribution in [2.24, 2.45) is 0 Å². The van der Waals surface area contributed by atoms with Crippen LogP contribution in [-0.2, 0) is 16.2 Å². The highest BCUT2D eigenvalue weighted by atomic mass is 79.9. The standard InChI is InChI=1S/C31H25BrN2O6S/c1-38-23-12-10-22(11-13-23)33-28(35)17-34-30(36)27(41-31(34)37)16-19-14-25(32)29(26(15-19)39-2)40-18-21-8-5-7-20-6-3-4-9-24(20)21/h3-16H,17-18H2,1-2H3,(H,33,35)/b27-16+. The molecule has 1 fully saturated rings. The van der Waals surface area contributed by atoms with Gasteiger partial charge in [0.05, 0.1) is 23.6 Å². The minimum atomic E-state index is -0.545. The first-order chi connectivity index (χ1) is 19.9. The second kappa shape index (κ2) is 12.5. The average Bonchev–Trinajstić information content (AvgIpc) is 3.23. The van der Waals surface area contributed by atoms with E-state index >= 15 is 0 Å². The molecule has 0 spiro atoms. The van der Waals surface area contributed by atoms with E-state index in [9.17, 15) is 14.4 Å². The number of benzene rings is 4. The first-order valence-electron chi connectivity index (χ1n) is 12.5. The lowest BCUT2D eigenvalue weighted by Crippen LogP contribution is -2.36. The van der Waals surface area contributed by atoms with E-state index in [0.717, 1.165) is 33.0 Å². The number of hydrogen-bond acceptors (Lipinski definition) is 7. The molecule has 1 N–H and O–H groups in total. The number of fused-ring (bicyclic) bond motifs is 1. The minimum Gasteiger partial charge on any atom is -0.497 e. The Morgan fingerprint density at radius 2 is 1.73 bits per heavy atom. The monoisotopic (exact) mass is 632 g/mol. The van der Waals surface area contributed by atoms with Gasteiger partial charge < -0.3 is 19.5 Å². The number of nitrogens with one attached hydrogen (secondary N) is 1. The molecule has 1 saturated heterocycles. The molecule has 0 bridgehead atoms. The van der Waals surface area contributed by atoms with E-state index in [2.05, 4.69) is 39.4 Å². The summed E-state index contributed by atoms with van der Waals surface area (Å²) in [5.74, 6) is 0.587. The van der Waals surface area contributed by atoms with Crippen LogP contribution in [0.4, 0.5) is 10.5 Å². The summed E-state index contributed by atoms with van der Waals surface area (Å²) in [5.41, 5.74) is 2.18. The van der Waals surface area contributed by atoms with E-state index in [-0.39, 0.29) is 4.91 Å². The number of imide groups is 1. The Bertz CT molecular complexity index is 1670. The van der Waals surface area contributed by atoms with Crippen LogP contribution >= 0.6 is 27.7 Å². The Hall–Kier alpha value is -4.28. The topological polar surface area (TPSA) is 94.2 Å². The molecule has 0 unspecified atom stereocenters. The Morgan fingerprint density at radius 1 is 0.976 bits per heavy atom. The summed E-state index contributed by atoms with van der Waals surface area (Å²) in [5, 5.41) is 4.39. The molecule has 10 heteroatoms. The maximum atomic E-state index is 13.0. The second-order valence-corrected chi connectivity index (χ2v) is 10.9. The fraction of sp³-hybridized carbons (Fsp3) is 0.129. The van der Waals surface area contributed by atoms with Crippen LogP contribution in [-0.4, -0.2) is 42.7 Å². The quantitative estimate of drug-likeness (QED) is 0.201. The summed E-state index contributed by atoms with van der Waals surface area (Å²) < 4.78 is 17.5. The van der Waals surface area contributed by atoms with E-state index < -0.39 is 23.6 Å². The molecule has 0 aromatic heterocycles. The zero-order valence-electron chi connectivity index (χ0n) is 22.2. The van der Waals surface area contributed by atoms with Gasteiger partial charge in [0, 0.05) is 5.69 Å². The average molecular weight is 634 g/mol. The van der Waals surface area contributed by atoms with E-state index in [4.69, 9.17) is 14.2 Å². The molecule has 8 nitrogen and oxygen atoms in total. The second-order valence-electron chi connectivity index (χ2n) is 9.01. The Labute approximate surface area is 249 Å². The molecule has 0 atom stereocenters. The van der Waals surface area contributed by atoms with Crippen molar-refractivity contribution < 1.29 is 28.6 Å². The van der Waals surface area contributed by atoms with Gasteiger partial charge in [0.15, 0.2) is 11.5 Å². The normalized spacial score (nSPS) is 14.0. The number of ether oxygens (including phenoxy) is 3. The summed E-state index contributed by atoms with van der Waals surface area (Å²) in [4.78, 5) is 39.3. The molecule has 0 aliphatic carbocycles. The molecule has 41 heavy (non-hydrogen) atoms. The zero-order chi connectivity index (χ0) is 28.9. The maximum Gasteiger partial charge on any atom is 0.294 e. The van der Waals surface area contributed by atoms with Crippen LogP contribution in [0, 0.1) is 0 Å². The molecule has 1 aliphatic heterocycles. The molecular weight excluding hydrogens is 608 g/mol. The van der Waals surface area contributed by atoms with Crippen LogP contribution < -0.4 is 19.5 Å². The fourth-order valence-corrected chi connectivity index (χ4v) is 5.75. The highest BCUT2D eigenvalue weighted by molar-refractivity contribution is 9.10. The predicted molar refractivity (Wildman–Crippen MR) is 163 cm³/mol. The number of methoxy groups -OCH3 is 2. The largest absolute Gasteiger partial charge is 0.497 e. The van der Waals surface area contributed by atoms with Crippen molar-refractivity contribution in [1.82, 2.24) is 4.90 Å².